The highest BCUT2D eigenvalue weighted by molar-refractivity contribution is 5.81. The Labute approximate surface area is 104 Å². The average molecular weight is 240 g/mol. The van der Waals surface area contributed by atoms with Crippen LogP contribution >= 0.6 is 0 Å². The first kappa shape index (κ1) is 14.2. The van der Waals surface area contributed by atoms with Crippen LogP contribution in [0.5, 0.6) is 0 Å². The van der Waals surface area contributed by atoms with Crippen LogP contribution in [0.25, 0.3) is 0 Å². The Kier molecular flexibility index (Phi) is 6.22. The molecule has 4 heteroatoms. The molecule has 1 heterocycles. The van der Waals surface area contributed by atoms with Crippen LogP contribution in [0.3, 0.4) is 0 Å². The van der Waals surface area contributed by atoms with E-state index in [9.17, 15) is 4.79 Å². The lowest BCUT2D eigenvalue weighted by atomic mass is 10.0. The first-order valence-corrected chi connectivity index (χ1v) is 6.35. The molecular formula is C13H24N2O2. The van der Waals surface area contributed by atoms with Gasteiger partial charge >= 0.3 is 5.97 Å². The number of carbonyl (C=O) groups is 1. The maximum absolute atomic E-state index is 11.1. The molecule has 0 aromatic carbocycles. The maximum Gasteiger partial charge on any atom is 0.330 e. The molecule has 0 radical (unpaired) electrons. The Bertz CT molecular complexity index is 256. The van der Waals surface area contributed by atoms with Gasteiger partial charge in [0.05, 0.1) is 6.61 Å². The summed E-state index contributed by atoms with van der Waals surface area (Å²) >= 11 is 0. The molecule has 0 N–H and O–H groups in total. The number of piperidine rings is 1. The van der Waals surface area contributed by atoms with E-state index in [1.54, 1.807) is 0 Å². The van der Waals surface area contributed by atoms with Gasteiger partial charge in [-0.05, 0) is 47.0 Å². The zero-order chi connectivity index (χ0) is 12.7. The molecule has 1 fully saturated rings. The van der Waals surface area contributed by atoms with Gasteiger partial charge in [0.1, 0.15) is 0 Å². The average Bonchev–Trinajstić information content (AvgIpc) is 2.30. The second kappa shape index (κ2) is 7.45. The number of nitrogens with zero attached hydrogens (tertiary/aromatic N) is 2. The highest BCUT2D eigenvalue weighted by atomic mass is 16.5. The van der Waals surface area contributed by atoms with Crippen molar-refractivity contribution < 1.29 is 9.53 Å². The van der Waals surface area contributed by atoms with Crippen molar-refractivity contribution in [3.05, 3.63) is 12.2 Å². The molecule has 98 valence electrons. The Hall–Kier alpha value is -0.870. The van der Waals surface area contributed by atoms with Gasteiger partial charge in [0.25, 0.3) is 0 Å². The standard InChI is InChI=1S/C13H24N2O2/c1-4-17-13(16)6-5-9-15-10-7-12(8-11-15)14(2)3/h5-6,12H,4,7-11H2,1-3H3/b6-5+. The van der Waals surface area contributed by atoms with E-state index in [0.29, 0.717) is 12.6 Å². The highest BCUT2D eigenvalue weighted by Crippen LogP contribution is 2.13. The van der Waals surface area contributed by atoms with Crippen molar-refractivity contribution in [3.63, 3.8) is 0 Å². The molecule has 1 aliphatic heterocycles. The third-order valence-corrected chi connectivity index (χ3v) is 3.19. The van der Waals surface area contributed by atoms with E-state index in [0.717, 1.165) is 19.6 Å². The van der Waals surface area contributed by atoms with Crippen LogP contribution < -0.4 is 0 Å². The van der Waals surface area contributed by atoms with Crippen LogP contribution in [-0.4, -0.2) is 62.1 Å². The summed E-state index contributed by atoms with van der Waals surface area (Å²) in [5.74, 6) is -0.240. The van der Waals surface area contributed by atoms with E-state index in [1.165, 1.54) is 18.9 Å². The normalized spacial score (nSPS) is 19.1. The third-order valence-electron chi connectivity index (χ3n) is 3.19. The van der Waals surface area contributed by atoms with Gasteiger partial charge in [0, 0.05) is 18.7 Å². The van der Waals surface area contributed by atoms with E-state index in [-0.39, 0.29) is 5.97 Å². The minimum atomic E-state index is -0.240. The summed E-state index contributed by atoms with van der Waals surface area (Å²) < 4.78 is 4.83. The molecule has 0 aromatic rings. The largest absolute Gasteiger partial charge is 0.463 e. The number of rotatable bonds is 5. The molecule has 0 saturated carbocycles. The van der Waals surface area contributed by atoms with E-state index in [1.807, 2.05) is 13.0 Å². The van der Waals surface area contributed by atoms with Gasteiger partial charge in [-0.2, -0.15) is 0 Å². The first-order chi connectivity index (χ1) is 8.13. The minimum absolute atomic E-state index is 0.240. The zero-order valence-electron chi connectivity index (χ0n) is 11.2. The number of hydrogen-bond donors (Lipinski definition) is 0. The van der Waals surface area contributed by atoms with Gasteiger partial charge in [-0.1, -0.05) is 6.08 Å². The van der Waals surface area contributed by atoms with Crippen LogP contribution in [-0.2, 0) is 9.53 Å². The minimum Gasteiger partial charge on any atom is -0.463 e. The SMILES string of the molecule is CCOC(=O)/C=C/CN1CCC(N(C)C)CC1. The summed E-state index contributed by atoms with van der Waals surface area (Å²) in [5.41, 5.74) is 0. The number of likely N-dealkylation sites (tertiary alicyclic amines) is 1. The molecule has 0 unspecified atom stereocenters. The van der Waals surface area contributed by atoms with Crippen molar-refractivity contribution >= 4 is 5.97 Å². The lowest BCUT2D eigenvalue weighted by molar-refractivity contribution is -0.137. The van der Waals surface area contributed by atoms with Crippen LogP contribution in [0.2, 0.25) is 0 Å². The fraction of sp³-hybridized carbons (Fsp3) is 0.769. The van der Waals surface area contributed by atoms with Crippen molar-refractivity contribution in [1.29, 1.82) is 0 Å². The summed E-state index contributed by atoms with van der Waals surface area (Å²) in [6.45, 7) is 5.32. The molecule has 17 heavy (non-hydrogen) atoms. The second-order valence-electron chi connectivity index (χ2n) is 4.65. The Morgan fingerprint density at radius 2 is 2.06 bits per heavy atom. The highest BCUT2D eigenvalue weighted by Gasteiger charge is 2.19. The van der Waals surface area contributed by atoms with Gasteiger partial charge in [0.2, 0.25) is 0 Å². The van der Waals surface area contributed by atoms with Gasteiger partial charge in [-0.3, -0.25) is 4.90 Å². The van der Waals surface area contributed by atoms with Gasteiger partial charge in [-0.25, -0.2) is 4.79 Å². The fourth-order valence-corrected chi connectivity index (χ4v) is 2.11. The molecule has 0 atom stereocenters. The second-order valence-corrected chi connectivity index (χ2v) is 4.65. The van der Waals surface area contributed by atoms with Crippen molar-refractivity contribution in [2.24, 2.45) is 0 Å². The van der Waals surface area contributed by atoms with Gasteiger partial charge in [-0.15, -0.1) is 0 Å². The lowest BCUT2D eigenvalue weighted by Crippen LogP contribution is -2.41. The smallest absolute Gasteiger partial charge is 0.330 e. The van der Waals surface area contributed by atoms with E-state index in [2.05, 4.69) is 23.9 Å². The summed E-state index contributed by atoms with van der Waals surface area (Å²) in [5, 5.41) is 0. The van der Waals surface area contributed by atoms with Crippen LogP contribution in [0.15, 0.2) is 12.2 Å². The summed E-state index contributed by atoms with van der Waals surface area (Å²) in [7, 11) is 4.28. The van der Waals surface area contributed by atoms with Gasteiger partial charge < -0.3 is 9.64 Å². The monoisotopic (exact) mass is 240 g/mol. The molecular weight excluding hydrogens is 216 g/mol. The number of carbonyl (C=O) groups excluding carboxylic acids is 1. The summed E-state index contributed by atoms with van der Waals surface area (Å²) in [4.78, 5) is 15.8. The van der Waals surface area contributed by atoms with E-state index >= 15 is 0 Å². The molecule has 1 saturated heterocycles. The van der Waals surface area contributed by atoms with Crippen LogP contribution in [0, 0.1) is 0 Å². The van der Waals surface area contributed by atoms with E-state index < -0.39 is 0 Å². The predicted molar refractivity (Wildman–Crippen MR) is 68.9 cm³/mol. The lowest BCUT2D eigenvalue weighted by Gasteiger charge is -2.34. The summed E-state index contributed by atoms with van der Waals surface area (Å²) in [6.07, 6.45) is 5.84. The van der Waals surface area contributed by atoms with Crippen molar-refractivity contribution in [3.8, 4) is 0 Å². The Morgan fingerprint density at radius 1 is 1.41 bits per heavy atom. The predicted octanol–water partition coefficient (Wildman–Crippen LogP) is 1.13. The van der Waals surface area contributed by atoms with Crippen molar-refractivity contribution in [2.75, 3.05) is 40.3 Å². The number of hydrogen-bond acceptors (Lipinski definition) is 4. The molecule has 0 spiro atoms. The first-order valence-electron chi connectivity index (χ1n) is 6.35. The molecule has 0 aromatic heterocycles. The van der Waals surface area contributed by atoms with Gasteiger partial charge in [0.15, 0.2) is 0 Å². The Morgan fingerprint density at radius 3 is 2.59 bits per heavy atom. The maximum atomic E-state index is 11.1. The van der Waals surface area contributed by atoms with Crippen LogP contribution in [0.4, 0.5) is 0 Å². The molecule has 1 rings (SSSR count). The summed E-state index contributed by atoms with van der Waals surface area (Å²) in [6, 6.07) is 0.709. The molecule has 4 nitrogen and oxygen atoms in total. The Balaban J connectivity index is 2.20. The topological polar surface area (TPSA) is 32.8 Å². The molecule has 1 aliphatic rings. The molecule has 0 amide bonds. The molecule has 0 aliphatic carbocycles. The molecule has 0 bridgehead atoms. The number of esters is 1. The quantitative estimate of drug-likeness (QED) is 0.533. The van der Waals surface area contributed by atoms with Crippen molar-refractivity contribution in [2.45, 2.75) is 25.8 Å². The van der Waals surface area contributed by atoms with Crippen molar-refractivity contribution in [1.82, 2.24) is 9.80 Å². The zero-order valence-corrected chi connectivity index (χ0v) is 11.2. The third kappa shape index (κ3) is 5.33. The fourth-order valence-electron chi connectivity index (χ4n) is 2.11. The van der Waals surface area contributed by atoms with Crippen LogP contribution in [0.1, 0.15) is 19.8 Å². The number of ether oxygens (including phenoxy) is 1. The van der Waals surface area contributed by atoms with E-state index in [4.69, 9.17) is 4.74 Å².